The monoisotopic (exact) mass is 577 g/mol. The van der Waals surface area contributed by atoms with E-state index in [1.165, 1.54) is 12.2 Å². The molecule has 9 heteroatoms. The van der Waals surface area contributed by atoms with E-state index in [4.69, 9.17) is 16.4 Å². The van der Waals surface area contributed by atoms with Crippen LogP contribution in [0.25, 0.3) is 0 Å². The third-order valence-electron chi connectivity index (χ3n) is 10.4. The van der Waals surface area contributed by atoms with Crippen molar-refractivity contribution >= 4 is 34.3 Å². The lowest BCUT2D eigenvalue weighted by molar-refractivity contribution is -0.250. The number of aliphatic hydroxyl groups is 1. The molecule has 1 aliphatic heterocycles. The quantitative estimate of drug-likeness (QED) is 0.498. The number of benzene rings is 1. The van der Waals surface area contributed by atoms with Gasteiger partial charge in [0.15, 0.2) is 11.4 Å². The molecule has 1 saturated heterocycles. The highest BCUT2D eigenvalue weighted by Gasteiger charge is 2.75. The van der Waals surface area contributed by atoms with E-state index in [2.05, 4.69) is 0 Å². The van der Waals surface area contributed by atoms with Crippen molar-refractivity contribution in [2.45, 2.75) is 57.5 Å². The Bertz CT molecular complexity index is 1240. The fraction of sp³-hybridized carbons (Fsp3) is 0.600. The molecule has 1 heterocycles. The van der Waals surface area contributed by atoms with Gasteiger partial charge in [-0.1, -0.05) is 55.4 Å². The highest BCUT2D eigenvalue weighted by Crippen LogP contribution is 2.71. The van der Waals surface area contributed by atoms with Crippen LogP contribution in [0.1, 0.15) is 38.7 Å². The molecule has 5 unspecified atom stereocenters. The van der Waals surface area contributed by atoms with Crippen molar-refractivity contribution in [3.63, 3.8) is 0 Å². The molecule has 4 fully saturated rings. The molecular formula is C30H34ClF2NO4S. The lowest BCUT2D eigenvalue weighted by Gasteiger charge is -2.60. The molecule has 5 nitrogen and oxygen atoms in total. The number of aliphatic hydroxyl groups excluding tert-OH is 1. The van der Waals surface area contributed by atoms with Crippen LogP contribution >= 0.6 is 23.4 Å². The summed E-state index contributed by atoms with van der Waals surface area (Å²) in [5.41, 5.74) is -1.33. The third-order valence-corrected chi connectivity index (χ3v) is 11.6. The Morgan fingerprint density at radius 1 is 1.26 bits per heavy atom. The first-order valence-electron chi connectivity index (χ1n) is 13.7. The van der Waals surface area contributed by atoms with Crippen LogP contribution in [0.3, 0.4) is 0 Å². The molecule has 4 aliphatic carbocycles. The molecule has 39 heavy (non-hydrogen) atoms. The van der Waals surface area contributed by atoms with E-state index in [0.717, 1.165) is 17.3 Å². The van der Waals surface area contributed by atoms with Crippen molar-refractivity contribution in [1.82, 2.24) is 5.06 Å². The number of carbonyl (C=O) groups is 2. The minimum atomic E-state index is -1.30. The summed E-state index contributed by atoms with van der Waals surface area (Å²) in [6, 6.07) is 7.47. The molecule has 1 aromatic rings. The summed E-state index contributed by atoms with van der Waals surface area (Å²) >= 11 is 7.01. The smallest absolute Gasteiger partial charge is 0.223 e. The van der Waals surface area contributed by atoms with Crippen LogP contribution < -0.4 is 0 Å². The van der Waals surface area contributed by atoms with Crippen molar-refractivity contribution in [3.8, 4) is 0 Å². The first-order chi connectivity index (χ1) is 18.5. The SMILES string of the molecule is CC12CC(O)C3C(C[C@H](F)C4=CC(=O)C=C[C@@]43C)C1C[C@H]1CN(Cc3ccc(Cl)cc3)O[C@]12C(=O)SCCF. The molecule has 5 aliphatic rings. The Morgan fingerprint density at radius 3 is 2.72 bits per heavy atom. The molecule has 0 spiro atoms. The molecule has 9 atom stereocenters. The minimum Gasteiger partial charge on any atom is -0.393 e. The number of carbonyl (C=O) groups excluding carboxylic acids is 2. The van der Waals surface area contributed by atoms with Crippen molar-refractivity contribution in [2.75, 3.05) is 19.0 Å². The zero-order valence-electron chi connectivity index (χ0n) is 22.1. The second kappa shape index (κ2) is 9.76. The van der Waals surface area contributed by atoms with Gasteiger partial charge in [-0.3, -0.25) is 18.8 Å². The molecular weight excluding hydrogens is 544 g/mol. The van der Waals surface area contributed by atoms with Crippen molar-refractivity contribution in [3.05, 3.63) is 58.7 Å². The summed E-state index contributed by atoms with van der Waals surface area (Å²) in [6.45, 7) is 4.29. The highest BCUT2D eigenvalue weighted by atomic mass is 35.5. The number of allylic oxidation sites excluding steroid dienone is 4. The lowest BCUT2D eigenvalue weighted by Crippen LogP contribution is -2.63. The van der Waals surface area contributed by atoms with Gasteiger partial charge >= 0.3 is 0 Å². The highest BCUT2D eigenvalue weighted by molar-refractivity contribution is 8.13. The van der Waals surface area contributed by atoms with Crippen molar-refractivity contribution in [1.29, 1.82) is 0 Å². The number of rotatable bonds is 5. The van der Waals surface area contributed by atoms with E-state index < -0.39 is 35.4 Å². The average molecular weight is 578 g/mol. The van der Waals surface area contributed by atoms with Gasteiger partial charge in [0.1, 0.15) is 6.17 Å². The van der Waals surface area contributed by atoms with Crippen LogP contribution in [0.2, 0.25) is 5.02 Å². The maximum Gasteiger partial charge on any atom is 0.223 e. The average Bonchev–Trinajstić information content (AvgIpc) is 3.37. The summed E-state index contributed by atoms with van der Waals surface area (Å²) in [4.78, 5) is 32.8. The van der Waals surface area contributed by atoms with E-state index in [0.29, 0.717) is 36.5 Å². The summed E-state index contributed by atoms with van der Waals surface area (Å²) in [6.07, 6.45) is 3.72. The number of thioether (sulfide) groups is 1. The van der Waals surface area contributed by atoms with Gasteiger partial charge in [0, 0.05) is 46.5 Å². The summed E-state index contributed by atoms with van der Waals surface area (Å²) < 4.78 is 29.0. The Morgan fingerprint density at radius 2 is 2.00 bits per heavy atom. The standard InChI is InChI=1S/C30H34ClF2NO4S/c1-28-8-7-20(35)12-23(28)24(33)13-21-22-11-18-16-34(15-17-3-5-19(31)6-4-17)38-30(18,27(37)39-10-9-32)29(22,2)14-25(36)26(21)28/h3-8,12,18,21-22,24-26,36H,9-11,13-16H2,1-2H3/t18-,21?,22?,24-,25?,26?,28-,29?,30-/m0/s1. The molecule has 1 N–H and O–H groups in total. The number of ketones is 1. The first kappa shape index (κ1) is 27.6. The van der Waals surface area contributed by atoms with Crippen LogP contribution in [0.5, 0.6) is 0 Å². The first-order valence-corrected chi connectivity index (χ1v) is 15.1. The second-order valence-corrected chi connectivity index (χ2v) is 13.8. The molecule has 210 valence electrons. The van der Waals surface area contributed by atoms with Crippen LogP contribution in [-0.4, -0.2) is 57.9 Å². The van der Waals surface area contributed by atoms with Gasteiger partial charge in [-0.05, 0) is 66.5 Å². The Balaban J connectivity index is 1.36. The van der Waals surface area contributed by atoms with Gasteiger partial charge in [-0.2, -0.15) is 5.06 Å². The van der Waals surface area contributed by atoms with Gasteiger partial charge in [0.25, 0.3) is 0 Å². The third kappa shape index (κ3) is 4.03. The molecule has 1 aromatic carbocycles. The fourth-order valence-corrected chi connectivity index (χ4v) is 9.96. The van der Waals surface area contributed by atoms with Crippen LogP contribution in [0.15, 0.2) is 48.1 Å². The normalized spacial score (nSPS) is 42.9. The second-order valence-electron chi connectivity index (χ2n) is 12.3. The lowest BCUT2D eigenvalue weighted by atomic mass is 9.46. The summed E-state index contributed by atoms with van der Waals surface area (Å²) in [7, 11) is 0. The summed E-state index contributed by atoms with van der Waals surface area (Å²) in [5.74, 6) is -0.877. The van der Waals surface area contributed by atoms with Gasteiger partial charge in [-0.25, -0.2) is 4.39 Å². The maximum atomic E-state index is 15.8. The number of halogens is 3. The number of hydroxylamine groups is 2. The number of alkyl halides is 2. The van der Waals surface area contributed by atoms with Crippen LogP contribution in [0.4, 0.5) is 8.78 Å². The van der Waals surface area contributed by atoms with E-state index in [1.54, 1.807) is 6.08 Å². The number of nitrogens with zero attached hydrogens (tertiary/aromatic N) is 1. The molecule has 0 radical (unpaired) electrons. The van der Waals surface area contributed by atoms with Gasteiger partial charge in [-0.15, -0.1) is 0 Å². The van der Waals surface area contributed by atoms with Gasteiger partial charge in [0.2, 0.25) is 5.12 Å². The maximum absolute atomic E-state index is 15.8. The zero-order chi connectivity index (χ0) is 27.7. The molecule has 6 rings (SSSR count). The largest absolute Gasteiger partial charge is 0.393 e. The topological polar surface area (TPSA) is 66.8 Å². The minimum absolute atomic E-state index is 0.0425. The molecule has 0 bridgehead atoms. The number of fused-ring (bicyclic) bond motifs is 7. The molecule has 0 aromatic heterocycles. The van der Waals surface area contributed by atoms with Crippen molar-refractivity contribution < 1.29 is 28.3 Å². The summed E-state index contributed by atoms with van der Waals surface area (Å²) in [5, 5.41) is 14.0. The van der Waals surface area contributed by atoms with Crippen molar-refractivity contribution in [2.24, 2.45) is 34.5 Å². The van der Waals surface area contributed by atoms with Crippen LogP contribution in [-0.2, 0) is 21.0 Å². The predicted molar refractivity (Wildman–Crippen MR) is 146 cm³/mol. The fourth-order valence-electron chi connectivity index (χ4n) is 8.92. The van der Waals surface area contributed by atoms with E-state index in [1.807, 2.05) is 43.2 Å². The van der Waals surface area contributed by atoms with Gasteiger partial charge < -0.3 is 5.11 Å². The zero-order valence-corrected chi connectivity index (χ0v) is 23.7. The van der Waals surface area contributed by atoms with Gasteiger partial charge in [0.05, 0.1) is 12.8 Å². The Hall–Kier alpha value is -1.58. The van der Waals surface area contributed by atoms with E-state index >= 15 is 4.39 Å². The van der Waals surface area contributed by atoms with E-state index in [9.17, 15) is 19.1 Å². The number of hydrogen-bond acceptors (Lipinski definition) is 6. The molecule has 0 amide bonds. The van der Waals surface area contributed by atoms with E-state index in [-0.39, 0.29) is 46.7 Å². The predicted octanol–water partition coefficient (Wildman–Crippen LogP) is 5.51. The Labute approximate surface area is 236 Å². The number of hydrogen-bond donors (Lipinski definition) is 1. The molecule has 3 saturated carbocycles. The Kier molecular flexibility index (Phi) is 6.90. The van der Waals surface area contributed by atoms with Crippen LogP contribution in [0, 0.1) is 34.5 Å².